The summed E-state index contributed by atoms with van der Waals surface area (Å²) in [4.78, 5) is 19.7. The molecule has 178 valence electrons. The van der Waals surface area contributed by atoms with Crippen molar-refractivity contribution in [3.8, 4) is 0 Å². The van der Waals surface area contributed by atoms with Crippen molar-refractivity contribution >= 4 is 17.4 Å². The maximum atomic E-state index is 13.8. The van der Waals surface area contributed by atoms with Crippen LogP contribution in [0.15, 0.2) is 42.6 Å². The maximum absolute atomic E-state index is 13.8. The highest BCUT2D eigenvalue weighted by atomic mass is 19.1. The van der Waals surface area contributed by atoms with Gasteiger partial charge in [0, 0.05) is 13.1 Å². The van der Waals surface area contributed by atoms with Gasteiger partial charge in [0.2, 0.25) is 0 Å². The van der Waals surface area contributed by atoms with E-state index in [2.05, 4.69) is 29.0 Å². The molecule has 1 N–H and O–H groups in total. The van der Waals surface area contributed by atoms with Crippen LogP contribution in [-0.4, -0.2) is 33.6 Å². The van der Waals surface area contributed by atoms with Crippen LogP contribution >= 0.6 is 0 Å². The summed E-state index contributed by atoms with van der Waals surface area (Å²) in [6.45, 7) is 6.31. The van der Waals surface area contributed by atoms with Crippen molar-refractivity contribution in [1.82, 2.24) is 19.9 Å². The number of anilines is 1. The van der Waals surface area contributed by atoms with Gasteiger partial charge in [-0.1, -0.05) is 26.0 Å². The molecule has 4 fully saturated rings. The summed E-state index contributed by atoms with van der Waals surface area (Å²) in [6, 6.07) is 10.7. The van der Waals surface area contributed by atoms with Crippen molar-refractivity contribution in [2.75, 3.05) is 18.0 Å². The number of carbonyl (C=O) groups is 1. The Balaban J connectivity index is 1.21. The van der Waals surface area contributed by atoms with Crippen LogP contribution in [0.3, 0.4) is 0 Å². The van der Waals surface area contributed by atoms with Crippen molar-refractivity contribution in [3.63, 3.8) is 0 Å². The van der Waals surface area contributed by atoms with E-state index in [1.165, 1.54) is 25.3 Å². The zero-order valence-corrected chi connectivity index (χ0v) is 19.9. The summed E-state index contributed by atoms with van der Waals surface area (Å²) < 4.78 is 15.5. The summed E-state index contributed by atoms with van der Waals surface area (Å²) in [5, 5.41) is 7.98. The second-order valence-electron chi connectivity index (χ2n) is 10.9. The lowest BCUT2D eigenvalue weighted by Crippen LogP contribution is -2.54. The first-order chi connectivity index (χ1) is 16.4. The quantitative estimate of drug-likeness (QED) is 0.580. The third-order valence-corrected chi connectivity index (χ3v) is 8.89. The third-order valence-electron chi connectivity index (χ3n) is 8.89. The number of halogens is 1. The highest BCUT2D eigenvalue weighted by molar-refractivity contribution is 5.93. The number of fused-ring (bicyclic) bond motifs is 3. The van der Waals surface area contributed by atoms with E-state index in [4.69, 9.17) is 5.10 Å². The van der Waals surface area contributed by atoms with Crippen molar-refractivity contribution in [2.45, 2.75) is 52.0 Å². The molecule has 2 aromatic heterocycles. The predicted octanol–water partition coefficient (Wildman–Crippen LogP) is 5.01. The largest absolute Gasteiger partial charge is 0.350 e. The Kier molecular flexibility index (Phi) is 5.12. The van der Waals surface area contributed by atoms with Crippen LogP contribution in [0.2, 0.25) is 0 Å². The van der Waals surface area contributed by atoms with Gasteiger partial charge in [-0.2, -0.15) is 0 Å². The predicted molar refractivity (Wildman–Crippen MR) is 129 cm³/mol. The molecule has 1 unspecified atom stereocenters. The van der Waals surface area contributed by atoms with Crippen molar-refractivity contribution in [1.29, 1.82) is 0 Å². The van der Waals surface area contributed by atoms with Gasteiger partial charge in [-0.05, 0) is 85.1 Å². The Morgan fingerprint density at radius 3 is 2.88 bits per heavy atom. The van der Waals surface area contributed by atoms with Crippen LogP contribution in [0.1, 0.15) is 68.0 Å². The van der Waals surface area contributed by atoms with Crippen LogP contribution in [0, 0.1) is 29.0 Å². The van der Waals surface area contributed by atoms with Gasteiger partial charge in [0.25, 0.3) is 5.91 Å². The van der Waals surface area contributed by atoms with Gasteiger partial charge in [0.15, 0.2) is 11.3 Å². The lowest BCUT2D eigenvalue weighted by atomic mass is 9.45. The van der Waals surface area contributed by atoms with Gasteiger partial charge in [-0.15, -0.1) is 5.10 Å². The number of rotatable bonds is 5. The zero-order chi connectivity index (χ0) is 23.4. The first-order valence-electron chi connectivity index (χ1n) is 12.6. The van der Waals surface area contributed by atoms with Crippen LogP contribution in [0.5, 0.6) is 0 Å². The molecule has 1 aliphatic heterocycles. The number of hydrogen-bond acceptors (Lipinski definition) is 4. The fourth-order valence-electron chi connectivity index (χ4n) is 6.79. The molecule has 1 aromatic carbocycles. The Morgan fingerprint density at radius 1 is 1.21 bits per heavy atom. The molecule has 6 nitrogen and oxygen atoms in total. The molecule has 7 heteroatoms. The summed E-state index contributed by atoms with van der Waals surface area (Å²) in [6.07, 6.45) is 7.34. The number of nitrogens with one attached hydrogen (secondary N) is 1. The first-order valence-corrected chi connectivity index (χ1v) is 12.6. The monoisotopic (exact) mass is 461 g/mol. The Bertz CT molecular complexity index is 1230. The van der Waals surface area contributed by atoms with Gasteiger partial charge in [-0.25, -0.2) is 13.9 Å². The standard InChI is InChI=1S/C27H32FN5O/c1-27(2)19-9-8-18(21(27)14-19)15-30-26(34)23-16-29-24-10-11-25(31-33(23)24)32-12-4-7-22(32)17-5-3-6-20(28)13-17/h3,5-6,10-11,13,16,18-19,21-22H,4,7-9,12,14-15H2,1-2H3,(H,30,34)/t18-,19?,21-,22+/m0/s1. The highest BCUT2D eigenvalue weighted by Gasteiger charge is 2.53. The minimum Gasteiger partial charge on any atom is -0.350 e. The first kappa shape index (κ1) is 21.6. The Morgan fingerprint density at radius 2 is 2.09 bits per heavy atom. The third kappa shape index (κ3) is 3.48. The summed E-state index contributed by atoms with van der Waals surface area (Å²) in [5.41, 5.74) is 2.47. The number of aromatic nitrogens is 3. The Hall–Kier alpha value is -2.96. The van der Waals surface area contributed by atoms with Crippen molar-refractivity contribution in [2.24, 2.45) is 23.2 Å². The molecule has 1 saturated heterocycles. The number of nitrogens with zero attached hydrogens (tertiary/aromatic N) is 4. The summed E-state index contributed by atoms with van der Waals surface area (Å²) in [5.74, 6) is 2.53. The normalized spacial score (nSPS) is 27.6. The van der Waals surface area contributed by atoms with Gasteiger partial charge < -0.3 is 10.2 Å². The molecule has 3 aliphatic carbocycles. The molecule has 3 saturated carbocycles. The molecule has 1 amide bonds. The SMILES string of the molecule is CC1(C)C2CC[C@@H](CNC(=O)c3cnc4ccc(N5CCC[C@@H]5c5cccc(F)c5)nn34)[C@@H]1C2. The van der Waals surface area contributed by atoms with Crippen molar-refractivity contribution in [3.05, 3.63) is 59.7 Å². The average Bonchev–Trinajstić information content (AvgIpc) is 3.49. The van der Waals surface area contributed by atoms with E-state index in [-0.39, 0.29) is 17.8 Å². The molecule has 34 heavy (non-hydrogen) atoms. The molecule has 0 radical (unpaired) electrons. The van der Waals surface area contributed by atoms with Crippen molar-refractivity contribution < 1.29 is 9.18 Å². The van der Waals surface area contributed by atoms with Gasteiger partial charge in [-0.3, -0.25) is 4.79 Å². The molecular formula is C27H32FN5O. The van der Waals surface area contributed by atoms with Crippen LogP contribution < -0.4 is 10.2 Å². The smallest absolute Gasteiger partial charge is 0.271 e. The topological polar surface area (TPSA) is 62.5 Å². The van der Waals surface area contributed by atoms with E-state index >= 15 is 0 Å². The van der Waals surface area contributed by atoms with E-state index in [1.54, 1.807) is 22.8 Å². The van der Waals surface area contributed by atoms with E-state index in [9.17, 15) is 9.18 Å². The lowest BCUT2D eigenvalue weighted by molar-refractivity contribution is -0.103. The molecule has 3 heterocycles. The number of benzene rings is 1. The molecule has 2 bridgehead atoms. The summed E-state index contributed by atoms with van der Waals surface area (Å²) in [7, 11) is 0. The molecule has 7 rings (SSSR count). The van der Waals surface area contributed by atoms with Crippen LogP contribution in [-0.2, 0) is 0 Å². The summed E-state index contributed by atoms with van der Waals surface area (Å²) >= 11 is 0. The fraction of sp³-hybridized carbons (Fsp3) is 0.519. The van der Waals surface area contributed by atoms with E-state index in [1.807, 2.05) is 18.2 Å². The minimum atomic E-state index is -0.222. The van der Waals surface area contributed by atoms with E-state index in [0.717, 1.165) is 36.7 Å². The highest BCUT2D eigenvalue weighted by Crippen LogP contribution is 2.61. The molecular weight excluding hydrogens is 429 g/mol. The number of amides is 1. The number of carbonyl (C=O) groups excluding carboxylic acids is 1. The maximum Gasteiger partial charge on any atom is 0.271 e. The van der Waals surface area contributed by atoms with Gasteiger partial charge in [0.05, 0.1) is 12.2 Å². The second kappa shape index (κ2) is 8.07. The molecule has 3 aromatic rings. The lowest BCUT2D eigenvalue weighted by Gasteiger charge is -2.60. The average molecular weight is 462 g/mol. The molecule has 0 spiro atoms. The number of imidazole rings is 1. The second-order valence-corrected chi connectivity index (χ2v) is 10.9. The Labute approximate surface area is 199 Å². The fourth-order valence-corrected chi connectivity index (χ4v) is 6.79. The molecule has 4 aliphatic rings. The van der Waals surface area contributed by atoms with E-state index < -0.39 is 0 Å². The minimum absolute atomic E-state index is 0.0717. The van der Waals surface area contributed by atoms with Crippen LogP contribution in [0.4, 0.5) is 10.2 Å². The van der Waals surface area contributed by atoms with Gasteiger partial charge in [0.1, 0.15) is 11.6 Å². The number of hydrogen-bond donors (Lipinski definition) is 1. The molecule has 4 atom stereocenters. The van der Waals surface area contributed by atoms with Gasteiger partial charge >= 0.3 is 0 Å². The zero-order valence-electron chi connectivity index (χ0n) is 19.9. The van der Waals surface area contributed by atoms with Crippen LogP contribution in [0.25, 0.3) is 5.65 Å². The van der Waals surface area contributed by atoms with E-state index in [0.29, 0.717) is 35.1 Å².